The molecule has 0 spiro atoms. The summed E-state index contributed by atoms with van der Waals surface area (Å²) in [5, 5.41) is 6.64. The van der Waals surface area contributed by atoms with Gasteiger partial charge >= 0.3 is 0 Å². The Hall–Kier alpha value is -2.32. The van der Waals surface area contributed by atoms with Crippen molar-refractivity contribution in [3.63, 3.8) is 0 Å². The molecule has 0 aliphatic carbocycles. The van der Waals surface area contributed by atoms with Gasteiger partial charge in [-0.25, -0.2) is 4.52 Å². The van der Waals surface area contributed by atoms with E-state index < -0.39 is 0 Å². The quantitative estimate of drug-likeness (QED) is 0.488. The predicted octanol–water partition coefficient (Wildman–Crippen LogP) is 4.81. The van der Waals surface area contributed by atoms with Crippen molar-refractivity contribution in [3.8, 4) is 11.3 Å². The molecule has 0 aliphatic rings. The summed E-state index contributed by atoms with van der Waals surface area (Å²) in [4.78, 5) is 0. The fraction of sp³-hybridized carbons (Fsp3) is 0. The van der Waals surface area contributed by atoms with Crippen LogP contribution in [0.2, 0.25) is 5.02 Å². The molecule has 2 aromatic heterocycles. The smallest absolute Gasteiger partial charge is 0.0933 e. The van der Waals surface area contributed by atoms with Gasteiger partial charge in [0.2, 0.25) is 0 Å². The average molecular weight is 279 g/mol. The molecular weight excluding hydrogens is 268 g/mol. The average Bonchev–Trinajstić information content (AvgIpc) is 2.92. The van der Waals surface area contributed by atoms with E-state index in [4.69, 9.17) is 16.7 Å². The maximum atomic E-state index is 5.93. The van der Waals surface area contributed by atoms with Crippen molar-refractivity contribution >= 4 is 28.0 Å². The lowest BCUT2D eigenvalue weighted by molar-refractivity contribution is 1.01. The van der Waals surface area contributed by atoms with E-state index in [-0.39, 0.29) is 0 Å². The van der Waals surface area contributed by atoms with Gasteiger partial charge in [-0.05, 0) is 30.3 Å². The lowest BCUT2D eigenvalue weighted by Gasteiger charge is -2.00. The van der Waals surface area contributed by atoms with Crippen LogP contribution in [0.5, 0.6) is 0 Å². The van der Waals surface area contributed by atoms with Crippen LogP contribution >= 0.6 is 11.6 Å². The molecule has 0 saturated carbocycles. The number of halogens is 1. The highest BCUT2D eigenvalue weighted by Gasteiger charge is 2.06. The minimum atomic E-state index is 0.739. The van der Waals surface area contributed by atoms with E-state index in [0.29, 0.717) is 0 Å². The molecule has 4 rings (SSSR count). The number of pyridine rings is 1. The fourth-order valence-electron chi connectivity index (χ4n) is 2.47. The van der Waals surface area contributed by atoms with E-state index in [2.05, 4.69) is 30.3 Å². The van der Waals surface area contributed by atoms with Crippen LogP contribution in [0.3, 0.4) is 0 Å². The van der Waals surface area contributed by atoms with Gasteiger partial charge in [0.25, 0.3) is 0 Å². The maximum Gasteiger partial charge on any atom is 0.0933 e. The van der Waals surface area contributed by atoms with Gasteiger partial charge in [0.1, 0.15) is 0 Å². The van der Waals surface area contributed by atoms with Gasteiger partial charge in [0, 0.05) is 16.0 Å². The van der Waals surface area contributed by atoms with Crippen molar-refractivity contribution in [1.82, 2.24) is 9.61 Å². The third-order valence-corrected chi connectivity index (χ3v) is 3.73. The van der Waals surface area contributed by atoms with E-state index >= 15 is 0 Å². The Morgan fingerprint density at radius 3 is 2.50 bits per heavy atom. The zero-order chi connectivity index (χ0) is 13.5. The minimum Gasteiger partial charge on any atom is -0.232 e. The number of rotatable bonds is 1. The van der Waals surface area contributed by atoms with Gasteiger partial charge < -0.3 is 0 Å². The fourth-order valence-corrected chi connectivity index (χ4v) is 2.59. The zero-order valence-electron chi connectivity index (χ0n) is 10.6. The Balaban J connectivity index is 1.98. The highest BCUT2D eigenvalue weighted by atomic mass is 35.5. The molecule has 3 heteroatoms. The van der Waals surface area contributed by atoms with Crippen LogP contribution < -0.4 is 0 Å². The van der Waals surface area contributed by atoms with E-state index in [1.54, 1.807) is 0 Å². The highest BCUT2D eigenvalue weighted by Crippen LogP contribution is 2.24. The van der Waals surface area contributed by atoms with E-state index in [0.717, 1.165) is 27.3 Å². The Morgan fingerprint density at radius 2 is 1.65 bits per heavy atom. The molecule has 0 aliphatic heterocycles. The summed E-state index contributed by atoms with van der Waals surface area (Å²) in [5.74, 6) is 0. The number of hydrogen-bond acceptors (Lipinski definition) is 1. The molecule has 0 radical (unpaired) electrons. The monoisotopic (exact) mass is 278 g/mol. The molecule has 2 heterocycles. The molecular formula is C17H11ClN2. The summed E-state index contributed by atoms with van der Waals surface area (Å²) in [6.07, 6.45) is 0. The summed E-state index contributed by atoms with van der Waals surface area (Å²) in [6, 6.07) is 22.3. The first kappa shape index (κ1) is 11.5. The van der Waals surface area contributed by atoms with Crippen molar-refractivity contribution in [1.29, 1.82) is 0 Å². The molecule has 0 atom stereocenters. The second kappa shape index (κ2) is 4.36. The van der Waals surface area contributed by atoms with Crippen molar-refractivity contribution in [2.24, 2.45) is 0 Å². The van der Waals surface area contributed by atoms with Gasteiger partial charge in [-0.1, -0.05) is 48.0 Å². The first-order chi connectivity index (χ1) is 9.81. The standard InChI is InChI=1S/C17H11ClN2/c18-14-8-5-12(6-9-14)16-11-15-10-7-13-3-1-2-4-17(13)20(15)19-16/h1-11H. The predicted molar refractivity (Wildman–Crippen MR) is 83.1 cm³/mol. The first-order valence-corrected chi connectivity index (χ1v) is 6.82. The van der Waals surface area contributed by atoms with Crippen LogP contribution in [-0.2, 0) is 0 Å². The highest BCUT2D eigenvalue weighted by molar-refractivity contribution is 6.30. The summed E-state index contributed by atoms with van der Waals surface area (Å²) in [6.45, 7) is 0. The molecule has 0 N–H and O–H groups in total. The molecule has 20 heavy (non-hydrogen) atoms. The molecule has 96 valence electrons. The SMILES string of the molecule is Clc1ccc(-c2cc3ccc4ccccc4n3n2)cc1. The normalized spacial score (nSPS) is 11.2. The van der Waals surface area contributed by atoms with Gasteiger partial charge in [-0.3, -0.25) is 0 Å². The van der Waals surface area contributed by atoms with Crippen molar-refractivity contribution in [2.45, 2.75) is 0 Å². The first-order valence-electron chi connectivity index (χ1n) is 6.45. The third kappa shape index (κ3) is 1.77. The molecule has 2 nitrogen and oxygen atoms in total. The van der Waals surface area contributed by atoms with Crippen LogP contribution in [0, 0.1) is 0 Å². The Bertz CT molecular complexity index is 907. The molecule has 0 amide bonds. The number of para-hydroxylation sites is 1. The zero-order valence-corrected chi connectivity index (χ0v) is 11.4. The van der Waals surface area contributed by atoms with Crippen molar-refractivity contribution in [3.05, 3.63) is 71.8 Å². The van der Waals surface area contributed by atoms with Crippen molar-refractivity contribution < 1.29 is 0 Å². The lowest BCUT2D eigenvalue weighted by atomic mass is 10.1. The van der Waals surface area contributed by atoms with E-state index in [1.165, 1.54) is 5.39 Å². The van der Waals surface area contributed by atoms with E-state index in [1.807, 2.05) is 40.9 Å². The Morgan fingerprint density at radius 1 is 0.850 bits per heavy atom. The van der Waals surface area contributed by atoms with Crippen LogP contribution in [0.25, 0.3) is 27.7 Å². The Kier molecular flexibility index (Phi) is 2.51. The van der Waals surface area contributed by atoms with Crippen LogP contribution in [0.4, 0.5) is 0 Å². The van der Waals surface area contributed by atoms with Crippen molar-refractivity contribution in [2.75, 3.05) is 0 Å². The summed E-state index contributed by atoms with van der Waals surface area (Å²) in [7, 11) is 0. The number of aromatic nitrogens is 2. The Labute approximate surface area is 121 Å². The van der Waals surface area contributed by atoms with Gasteiger partial charge in [-0.2, -0.15) is 5.10 Å². The van der Waals surface area contributed by atoms with E-state index in [9.17, 15) is 0 Å². The minimum absolute atomic E-state index is 0.739. The van der Waals surface area contributed by atoms with Crippen LogP contribution in [0.15, 0.2) is 66.7 Å². The summed E-state index contributed by atoms with van der Waals surface area (Å²) >= 11 is 5.93. The number of hydrogen-bond donors (Lipinski definition) is 0. The molecule has 0 unspecified atom stereocenters. The second-order valence-corrected chi connectivity index (χ2v) is 5.20. The molecule has 0 saturated heterocycles. The van der Waals surface area contributed by atoms with Gasteiger partial charge in [0.05, 0.1) is 16.7 Å². The van der Waals surface area contributed by atoms with Gasteiger partial charge in [-0.15, -0.1) is 0 Å². The number of nitrogens with zero attached hydrogens (tertiary/aromatic N) is 2. The van der Waals surface area contributed by atoms with Crippen LogP contribution in [-0.4, -0.2) is 9.61 Å². The summed E-state index contributed by atoms with van der Waals surface area (Å²) in [5.41, 5.74) is 4.24. The maximum absolute atomic E-state index is 5.93. The largest absolute Gasteiger partial charge is 0.232 e. The topological polar surface area (TPSA) is 17.3 Å². The number of benzene rings is 2. The van der Waals surface area contributed by atoms with Gasteiger partial charge in [0.15, 0.2) is 0 Å². The third-order valence-electron chi connectivity index (χ3n) is 3.48. The molecule has 0 bridgehead atoms. The lowest BCUT2D eigenvalue weighted by Crippen LogP contribution is -1.89. The van der Waals surface area contributed by atoms with Crippen LogP contribution in [0.1, 0.15) is 0 Å². The second-order valence-electron chi connectivity index (χ2n) is 4.77. The molecule has 0 fully saturated rings. The molecule has 2 aromatic carbocycles. The number of fused-ring (bicyclic) bond motifs is 3. The molecule has 4 aromatic rings. The summed E-state index contributed by atoms with van der Waals surface area (Å²) < 4.78 is 1.99.